The molecule has 3 amide bonds. The highest BCUT2D eigenvalue weighted by Crippen LogP contribution is 2.30. The number of nitrogens with zero attached hydrogens (tertiary/aromatic N) is 4. The number of fused-ring (bicyclic) bond motifs is 1. The third kappa shape index (κ3) is 4.16. The molecule has 0 radical (unpaired) electrons. The lowest BCUT2D eigenvalue weighted by atomic mass is 10.1. The van der Waals surface area contributed by atoms with Gasteiger partial charge in [0.2, 0.25) is 11.5 Å². The Morgan fingerprint density at radius 3 is 2.71 bits per heavy atom. The van der Waals surface area contributed by atoms with Gasteiger partial charge in [-0.05, 0) is 49.2 Å². The molecule has 0 aliphatic carbocycles. The second-order valence-corrected chi connectivity index (χ2v) is 8.80. The minimum Gasteiger partial charge on any atom is -0.430 e. The first kappa shape index (κ1) is 22.1. The third-order valence-corrected chi connectivity index (χ3v) is 6.70. The number of primary amides is 1. The molecule has 10 heteroatoms. The van der Waals surface area contributed by atoms with Crippen LogP contribution in [0.1, 0.15) is 22.5 Å². The highest BCUT2D eigenvalue weighted by Gasteiger charge is 2.33. The summed E-state index contributed by atoms with van der Waals surface area (Å²) in [6, 6.07) is 8.32. The first-order chi connectivity index (χ1) is 16.4. The molecule has 2 fully saturated rings. The number of pyridine rings is 1. The Hall–Kier alpha value is -3.66. The Bertz CT molecular complexity index is 1240. The highest BCUT2D eigenvalue weighted by molar-refractivity contribution is 6.09. The molecular weight excluding hydrogens is 439 g/mol. The summed E-state index contributed by atoms with van der Waals surface area (Å²) in [4.78, 5) is 35.4. The van der Waals surface area contributed by atoms with Gasteiger partial charge in [0.1, 0.15) is 11.5 Å². The number of anilines is 2. The van der Waals surface area contributed by atoms with Gasteiger partial charge < -0.3 is 25.3 Å². The fourth-order valence-corrected chi connectivity index (χ4v) is 4.94. The van der Waals surface area contributed by atoms with Gasteiger partial charge in [0.15, 0.2) is 0 Å². The summed E-state index contributed by atoms with van der Waals surface area (Å²) in [6.07, 6.45) is 2.42. The Kier molecular flexibility index (Phi) is 5.82. The number of halogens is 1. The van der Waals surface area contributed by atoms with Crippen molar-refractivity contribution in [1.29, 1.82) is 0 Å². The normalized spacial score (nSPS) is 19.1. The summed E-state index contributed by atoms with van der Waals surface area (Å²) in [6.45, 7) is 6.61. The molecule has 3 N–H and O–H groups in total. The number of likely N-dealkylation sites (tertiary alicyclic amines) is 1. The summed E-state index contributed by atoms with van der Waals surface area (Å²) in [5, 5.41) is 3.35. The number of carbonyl (C=O) groups excluding carboxylic acids is 2. The molecule has 5 rings (SSSR count). The van der Waals surface area contributed by atoms with Crippen LogP contribution >= 0.6 is 0 Å². The third-order valence-electron chi connectivity index (χ3n) is 6.70. The fourth-order valence-electron chi connectivity index (χ4n) is 4.94. The van der Waals surface area contributed by atoms with Gasteiger partial charge in [0, 0.05) is 57.2 Å². The summed E-state index contributed by atoms with van der Waals surface area (Å²) in [5.41, 5.74) is 7.96. The predicted octanol–water partition coefficient (Wildman–Crippen LogP) is 2.80. The van der Waals surface area contributed by atoms with Gasteiger partial charge in [-0.15, -0.1) is 0 Å². The van der Waals surface area contributed by atoms with Gasteiger partial charge in [-0.3, -0.25) is 9.69 Å². The first-order valence-corrected chi connectivity index (χ1v) is 11.4. The number of aromatic nitrogens is 1. The minimum absolute atomic E-state index is 0.106. The van der Waals surface area contributed by atoms with Crippen molar-refractivity contribution in [1.82, 2.24) is 14.8 Å². The van der Waals surface area contributed by atoms with Crippen LogP contribution in [0.3, 0.4) is 0 Å². The van der Waals surface area contributed by atoms with Gasteiger partial charge >= 0.3 is 6.03 Å². The maximum atomic E-state index is 13.4. The molecule has 2 saturated heterocycles. The van der Waals surface area contributed by atoms with Crippen LogP contribution in [0.25, 0.3) is 11.1 Å². The van der Waals surface area contributed by atoms with Crippen molar-refractivity contribution in [2.24, 2.45) is 5.73 Å². The van der Waals surface area contributed by atoms with Crippen molar-refractivity contribution in [2.45, 2.75) is 19.4 Å². The maximum Gasteiger partial charge on any atom is 0.322 e. The van der Waals surface area contributed by atoms with Gasteiger partial charge in [-0.25, -0.2) is 14.2 Å². The van der Waals surface area contributed by atoms with Crippen molar-refractivity contribution in [3.05, 3.63) is 53.7 Å². The highest BCUT2D eigenvalue weighted by atomic mass is 19.1. The van der Waals surface area contributed by atoms with Crippen molar-refractivity contribution in [3.8, 4) is 0 Å². The zero-order valence-corrected chi connectivity index (χ0v) is 19.0. The number of nitrogens with one attached hydrogen (secondary N) is 1. The number of urea groups is 1. The van der Waals surface area contributed by atoms with E-state index in [4.69, 9.17) is 10.2 Å². The monoisotopic (exact) mass is 466 g/mol. The summed E-state index contributed by atoms with van der Waals surface area (Å²) in [5.74, 6) is -1.08. The van der Waals surface area contributed by atoms with Crippen LogP contribution in [-0.2, 0) is 0 Å². The van der Waals surface area contributed by atoms with Crippen molar-refractivity contribution in [2.75, 3.05) is 49.5 Å². The lowest BCUT2D eigenvalue weighted by Gasteiger charge is -2.39. The average molecular weight is 467 g/mol. The van der Waals surface area contributed by atoms with Crippen LogP contribution in [0.2, 0.25) is 0 Å². The second-order valence-electron chi connectivity index (χ2n) is 8.80. The summed E-state index contributed by atoms with van der Waals surface area (Å²) < 4.78 is 18.9. The lowest BCUT2D eigenvalue weighted by Crippen LogP contribution is -2.51. The van der Waals surface area contributed by atoms with E-state index in [1.165, 1.54) is 6.07 Å². The van der Waals surface area contributed by atoms with E-state index in [9.17, 15) is 14.0 Å². The van der Waals surface area contributed by atoms with Crippen LogP contribution in [0.5, 0.6) is 0 Å². The molecule has 1 aromatic carbocycles. The van der Waals surface area contributed by atoms with E-state index in [1.54, 1.807) is 29.3 Å². The molecule has 1 atom stereocenters. The van der Waals surface area contributed by atoms with E-state index in [0.717, 1.165) is 43.9 Å². The smallest absolute Gasteiger partial charge is 0.322 e. The van der Waals surface area contributed by atoms with Gasteiger partial charge in [0.25, 0.3) is 5.91 Å². The number of benzene rings is 1. The zero-order valence-electron chi connectivity index (χ0n) is 19.0. The number of carbonyl (C=O) groups is 2. The lowest BCUT2D eigenvalue weighted by molar-refractivity contribution is 0.0977. The average Bonchev–Trinajstić information content (AvgIpc) is 3.45. The predicted molar refractivity (Wildman–Crippen MR) is 126 cm³/mol. The maximum absolute atomic E-state index is 13.4. The quantitative estimate of drug-likeness (QED) is 0.612. The summed E-state index contributed by atoms with van der Waals surface area (Å²) >= 11 is 0. The van der Waals surface area contributed by atoms with E-state index in [-0.39, 0.29) is 35.1 Å². The Morgan fingerprint density at radius 2 is 1.97 bits per heavy atom. The molecule has 9 nitrogen and oxygen atoms in total. The largest absolute Gasteiger partial charge is 0.430 e. The number of nitrogens with two attached hydrogens (primary N) is 1. The molecule has 0 bridgehead atoms. The second kappa shape index (κ2) is 8.94. The molecule has 2 aliphatic heterocycles. The molecule has 2 aliphatic rings. The van der Waals surface area contributed by atoms with Crippen LogP contribution in [-0.4, -0.2) is 72.0 Å². The number of hydrogen-bond acceptors (Lipinski definition) is 6. The van der Waals surface area contributed by atoms with Gasteiger partial charge in [-0.1, -0.05) is 0 Å². The number of piperazine rings is 1. The van der Waals surface area contributed by atoms with Crippen LogP contribution in [0, 0.1) is 12.7 Å². The van der Waals surface area contributed by atoms with Gasteiger partial charge in [0.05, 0.1) is 5.39 Å². The zero-order chi connectivity index (χ0) is 23.8. The molecule has 4 heterocycles. The number of hydrogen-bond donors (Lipinski definition) is 2. The van der Waals surface area contributed by atoms with E-state index < -0.39 is 5.91 Å². The Morgan fingerprint density at radius 1 is 1.18 bits per heavy atom. The number of furan rings is 1. The molecule has 0 unspecified atom stereocenters. The van der Waals surface area contributed by atoms with E-state index in [0.29, 0.717) is 18.5 Å². The fraction of sp³-hybridized carbons (Fsp3) is 0.375. The van der Waals surface area contributed by atoms with Crippen molar-refractivity contribution >= 4 is 34.4 Å². The number of aryl methyl sites for hydroxylation is 1. The van der Waals surface area contributed by atoms with Gasteiger partial charge in [-0.2, -0.15) is 0 Å². The van der Waals surface area contributed by atoms with Crippen molar-refractivity contribution < 1.29 is 18.4 Å². The van der Waals surface area contributed by atoms with Crippen LogP contribution < -0.4 is 16.0 Å². The molecule has 0 saturated carbocycles. The molecule has 178 valence electrons. The first-order valence-electron chi connectivity index (χ1n) is 11.4. The van der Waals surface area contributed by atoms with Crippen LogP contribution in [0.15, 0.2) is 40.9 Å². The number of amides is 3. The molecule has 3 aromatic rings. The molecule has 2 aromatic heterocycles. The van der Waals surface area contributed by atoms with Crippen molar-refractivity contribution in [3.63, 3.8) is 0 Å². The van der Waals surface area contributed by atoms with Crippen LogP contribution in [0.4, 0.5) is 20.6 Å². The van der Waals surface area contributed by atoms with E-state index >= 15 is 0 Å². The SMILES string of the molecule is Cc1cc(F)ccc1N1CCN([C@@H]2CCN(C(=O)Nc3c(C(N)=O)oc4ncccc34)C2)CC1. The Balaban J connectivity index is 1.21. The molecule has 0 spiro atoms. The standard InChI is InChI=1S/C24H27FN6O3/c1-15-13-16(25)4-5-19(15)30-11-9-29(10-12-30)17-6-8-31(14-17)24(33)28-20-18-3-2-7-27-23(18)34-21(20)22(26)32/h2-5,7,13,17H,6,8-12,14H2,1H3,(H2,26,32)(H,28,33)/t17-/m1/s1. The van der Waals surface area contributed by atoms with E-state index in [1.807, 2.05) is 13.0 Å². The minimum atomic E-state index is -0.762. The Labute approximate surface area is 196 Å². The van der Waals surface area contributed by atoms with E-state index in [2.05, 4.69) is 20.1 Å². The number of rotatable bonds is 4. The molecular formula is C24H27FN6O3. The summed E-state index contributed by atoms with van der Waals surface area (Å²) in [7, 11) is 0. The topological polar surface area (TPSA) is 108 Å². The molecule has 34 heavy (non-hydrogen) atoms.